The van der Waals surface area contributed by atoms with Crippen molar-refractivity contribution in [2.45, 2.75) is 32.6 Å². The third-order valence-electron chi connectivity index (χ3n) is 4.86. The van der Waals surface area contributed by atoms with Gasteiger partial charge in [0.25, 0.3) is 0 Å². The second-order valence-electron chi connectivity index (χ2n) is 8.25. The van der Waals surface area contributed by atoms with E-state index in [1.165, 1.54) is 23.8 Å². The van der Waals surface area contributed by atoms with Crippen LogP contribution in [0.5, 0.6) is 0 Å². The van der Waals surface area contributed by atoms with Gasteiger partial charge in [0.05, 0.1) is 17.7 Å². The molecule has 0 aliphatic carbocycles. The molecule has 30 heavy (non-hydrogen) atoms. The zero-order valence-electron chi connectivity index (χ0n) is 17.2. The molecule has 4 nitrogen and oxygen atoms in total. The smallest absolute Gasteiger partial charge is 0.337 e. The molecule has 0 fully saturated rings. The largest absolute Gasteiger partial charge is 0.478 e. The number of halogens is 1. The van der Waals surface area contributed by atoms with Crippen LogP contribution in [0.3, 0.4) is 0 Å². The monoisotopic (exact) mass is 421 g/mol. The molecule has 0 radical (unpaired) electrons. The summed E-state index contributed by atoms with van der Waals surface area (Å²) in [4.78, 5) is 23.9. The summed E-state index contributed by atoms with van der Waals surface area (Å²) in [6.07, 6.45) is 0.124. The fraction of sp³-hybridized carbons (Fsp3) is 0.200. The standard InChI is InChI=1S/C25H24ClNO3/c1-25(2,3)19-9-7-17(8-10-19)18-6-4-5-16(13-18)14-23(28)27-22-15-20(26)11-12-21(22)24(29)30/h4-13,15H,14H2,1-3H3,(H,27,28)(H,29,30). The zero-order chi connectivity index (χ0) is 21.9. The van der Waals surface area contributed by atoms with E-state index >= 15 is 0 Å². The summed E-state index contributed by atoms with van der Waals surface area (Å²) in [5.74, 6) is -1.43. The lowest BCUT2D eigenvalue weighted by molar-refractivity contribution is -0.115. The summed E-state index contributed by atoms with van der Waals surface area (Å²) in [5.41, 5.74) is 4.48. The Morgan fingerprint density at radius 1 is 0.933 bits per heavy atom. The number of rotatable bonds is 5. The fourth-order valence-corrected chi connectivity index (χ4v) is 3.38. The number of carbonyl (C=O) groups excluding carboxylic acids is 1. The number of aromatic carboxylic acids is 1. The van der Waals surface area contributed by atoms with Gasteiger partial charge in [-0.1, -0.05) is 80.9 Å². The molecule has 3 rings (SSSR count). The van der Waals surface area contributed by atoms with Crippen LogP contribution in [0.25, 0.3) is 11.1 Å². The first-order valence-corrected chi connectivity index (χ1v) is 10.0. The van der Waals surface area contributed by atoms with E-state index in [1.54, 1.807) is 0 Å². The molecule has 0 atom stereocenters. The maximum atomic E-state index is 12.5. The van der Waals surface area contributed by atoms with Gasteiger partial charge < -0.3 is 10.4 Å². The van der Waals surface area contributed by atoms with Crippen molar-refractivity contribution in [1.82, 2.24) is 0 Å². The number of hydrogen-bond donors (Lipinski definition) is 2. The van der Waals surface area contributed by atoms with E-state index in [0.717, 1.165) is 16.7 Å². The Kier molecular flexibility index (Phi) is 6.28. The molecular weight excluding hydrogens is 398 g/mol. The van der Waals surface area contributed by atoms with Crippen LogP contribution in [0.2, 0.25) is 5.02 Å². The van der Waals surface area contributed by atoms with E-state index in [0.29, 0.717) is 5.02 Å². The van der Waals surface area contributed by atoms with Gasteiger partial charge in [-0.3, -0.25) is 4.79 Å². The summed E-state index contributed by atoms with van der Waals surface area (Å²) in [7, 11) is 0. The van der Waals surface area contributed by atoms with E-state index in [-0.39, 0.29) is 29.0 Å². The Hall–Kier alpha value is -3.11. The van der Waals surface area contributed by atoms with Crippen molar-refractivity contribution in [2.24, 2.45) is 0 Å². The van der Waals surface area contributed by atoms with Crippen molar-refractivity contribution in [2.75, 3.05) is 5.32 Å². The average Bonchev–Trinajstić information content (AvgIpc) is 2.67. The maximum Gasteiger partial charge on any atom is 0.337 e. The lowest BCUT2D eigenvalue weighted by Gasteiger charge is -2.19. The number of anilines is 1. The molecule has 0 aromatic heterocycles. The lowest BCUT2D eigenvalue weighted by Crippen LogP contribution is -2.16. The number of benzene rings is 3. The molecule has 0 heterocycles. The maximum absolute atomic E-state index is 12.5. The lowest BCUT2D eigenvalue weighted by atomic mass is 9.86. The van der Waals surface area contributed by atoms with Gasteiger partial charge in [0.1, 0.15) is 0 Å². The number of hydrogen-bond acceptors (Lipinski definition) is 2. The van der Waals surface area contributed by atoms with E-state index < -0.39 is 5.97 Å². The molecule has 3 aromatic carbocycles. The van der Waals surface area contributed by atoms with Gasteiger partial charge in [0.15, 0.2) is 0 Å². The summed E-state index contributed by atoms with van der Waals surface area (Å²) in [6, 6.07) is 20.5. The molecule has 3 aromatic rings. The molecular formula is C25H24ClNO3. The summed E-state index contributed by atoms with van der Waals surface area (Å²) in [5, 5.41) is 12.3. The van der Waals surface area contributed by atoms with Crippen LogP contribution < -0.4 is 5.32 Å². The van der Waals surface area contributed by atoms with Gasteiger partial charge in [0.2, 0.25) is 5.91 Å². The minimum absolute atomic E-state index is 0.000406. The second-order valence-corrected chi connectivity index (χ2v) is 8.68. The van der Waals surface area contributed by atoms with Crippen molar-refractivity contribution in [3.8, 4) is 11.1 Å². The van der Waals surface area contributed by atoms with Gasteiger partial charge in [0, 0.05) is 5.02 Å². The zero-order valence-corrected chi connectivity index (χ0v) is 18.0. The highest BCUT2D eigenvalue weighted by Gasteiger charge is 2.15. The van der Waals surface area contributed by atoms with Crippen LogP contribution in [-0.4, -0.2) is 17.0 Å². The summed E-state index contributed by atoms with van der Waals surface area (Å²) < 4.78 is 0. The van der Waals surface area contributed by atoms with Gasteiger partial charge in [-0.05, 0) is 45.9 Å². The summed E-state index contributed by atoms with van der Waals surface area (Å²) >= 11 is 5.95. The van der Waals surface area contributed by atoms with Crippen molar-refractivity contribution in [3.05, 3.63) is 88.4 Å². The molecule has 0 bridgehead atoms. The minimum atomic E-state index is -1.12. The van der Waals surface area contributed by atoms with E-state index in [4.69, 9.17) is 11.6 Å². The molecule has 154 valence electrons. The molecule has 0 saturated heterocycles. The Bertz CT molecular complexity index is 1080. The number of amides is 1. The van der Waals surface area contributed by atoms with Crippen LogP contribution in [0.4, 0.5) is 5.69 Å². The van der Waals surface area contributed by atoms with Gasteiger partial charge in [-0.2, -0.15) is 0 Å². The fourth-order valence-electron chi connectivity index (χ4n) is 3.21. The predicted molar refractivity (Wildman–Crippen MR) is 121 cm³/mol. The van der Waals surface area contributed by atoms with Crippen LogP contribution >= 0.6 is 11.6 Å². The van der Waals surface area contributed by atoms with Crippen LogP contribution in [0, 0.1) is 0 Å². The van der Waals surface area contributed by atoms with Crippen molar-refractivity contribution in [1.29, 1.82) is 0 Å². The average molecular weight is 422 g/mol. The Labute approximate surface area is 181 Å². The quantitative estimate of drug-likeness (QED) is 0.516. The summed E-state index contributed by atoms with van der Waals surface area (Å²) in [6.45, 7) is 6.53. The topological polar surface area (TPSA) is 66.4 Å². The second kappa shape index (κ2) is 8.72. The van der Waals surface area contributed by atoms with Crippen LogP contribution in [0.15, 0.2) is 66.7 Å². The minimum Gasteiger partial charge on any atom is -0.478 e. The first kappa shape index (κ1) is 21.6. The van der Waals surface area contributed by atoms with Crippen molar-refractivity contribution in [3.63, 3.8) is 0 Å². The van der Waals surface area contributed by atoms with E-state index in [1.807, 2.05) is 24.3 Å². The molecule has 0 spiro atoms. The third-order valence-corrected chi connectivity index (χ3v) is 5.10. The van der Waals surface area contributed by atoms with Crippen molar-refractivity contribution >= 4 is 29.2 Å². The first-order chi connectivity index (χ1) is 14.1. The Morgan fingerprint density at radius 3 is 2.27 bits per heavy atom. The third kappa shape index (κ3) is 5.28. The molecule has 0 unspecified atom stereocenters. The molecule has 0 saturated carbocycles. The highest BCUT2D eigenvalue weighted by atomic mass is 35.5. The highest BCUT2D eigenvalue weighted by Crippen LogP contribution is 2.27. The van der Waals surface area contributed by atoms with E-state index in [2.05, 4.69) is 50.4 Å². The predicted octanol–water partition coefficient (Wildman–Crippen LogP) is 6.18. The first-order valence-electron chi connectivity index (χ1n) is 9.66. The Balaban J connectivity index is 1.77. The van der Waals surface area contributed by atoms with Gasteiger partial charge >= 0.3 is 5.97 Å². The Morgan fingerprint density at radius 2 is 1.63 bits per heavy atom. The SMILES string of the molecule is CC(C)(C)c1ccc(-c2cccc(CC(=O)Nc3cc(Cl)ccc3C(=O)O)c2)cc1. The molecule has 0 aliphatic heterocycles. The number of carboxylic acid groups (broad SMARTS) is 1. The normalized spacial score (nSPS) is 11.2. The number of carbonyl (C=O) groups is 2. The number of carboxylic acids is 1. The molecule has 0 aliphatic rings. The van der Waals surface area contributed by atoms with Gasteiger partial charge in [-0.25, -0.2) is 4.79 Å². The van der Waals surface area contributed by atoms with E-state index in [9.17, 15) is 14.7 Å². The number of nitrogens with one attached hydrogen (secondary N) is 1. The van der Waals surface area contributed by atoms with Crippen LogP contribution in [0.1, 0.15) is 42.3 Å². The molecule has 2 N–H and O–H groups in total. The molecule has 1 amide bonds. The highest BCUT2D eigenvalue weighted by molar-refractivity contribution is 6.31. The van der Waals surface area contributed by atoms with Gasteiger partial charge in [-0.15, -0.1) is 0 Å². The van der Waals surface area contributed by atoms with Crippen LogP contribution in [-0.2, 0) is 16.6 Å². The molecule has 5 heteroatoms. The van der Waals surface area contributed by atoms with Crippen molar-refractivity contribution < 1.29 is 14.7 Å².